The second-order valence-electron chi connectivity index (χ2n) is 4.52. The van der Waals surface area contributed by atoms with Crippen LogP contribution in [0.15, 0.2) is 54.6 Å². The number of carbonyl (C=O) groups excluding carboxylic acids is 1. The number of carbonyl (C=O) groups is 1. The summed E-state index contributed by atoms with van der Waals surface area (Å²) in [7, 11) is 0. The maximum atomic E-state index is 11.7. The Morgan fingerprint density at radius 2 is 1.57 bits per heavy atom. The summed E-state index contributed by atoms with van der Waals surface area (Å²) in [5.74, 6) is 1.26. The van der Waals surface area contributed by atoms with E-state index in [2.05, 4.69) is 12.2 Å². The SMILES string of the molecule is CCCOc1ccc(OCC(=O)Nc2ccccc2)cc1. The van der Waals surface area contributed by atoms with Crippen molar-refractivity contribution in [3.05, 3.63) is 54.6 Å². The number of para-hydroxylation sites is 1. The molecule has 0 spiro atoms. The molecule has 0 fully saturated rings. The molecule has 0 saturated carbocycles. The summed E-state index contributed by atoms with van der Waals surface area (Å²) in [4.78, 5) is 11.7. The molecule has 0 saturated heterocycles. The van der Waals surface area contributed by atoms with E-state index < -0.39 is 0 Å². The lowest BCUT2D eigenvalue weighted by Crippen LogP contribution is -2.20. The average molecular weight is 285 g/mol. The van der Waals surface area contributed by atoms with Gasteiger partial charge in [0.05, 0.1) is 6.61 Å². The van der Waals surface area contributed by atoms with Crippen LogP contribution in [0.3, 0.4) is 0 Å². The van der Waals surface area contributed by atoms with E-state index in [4.69, 9.17) is 9.47 Å². The number of amides is 1. The Kier molecular flexibility index (Phi) is 5.64. The highest BCUT2D eigenvalue weighted by Crippen LogP contribution is 2.17. The van der Waals surface area contributed by atoms with Crippen molar-refractivity contribution in [2.24, 2.45) is 0 Å². The molecule has 2 rings (SSSR count). The van der Waals surface area contributed by atoms with Crippen molar-refractivity contribution in [1.82, 2.24) is 0 Å². The van der Waals surface area contributed by atoms with E-state index >= 15 is 0 Å². The second-order valence-corrected chi connectivity index (χ2v) is 4.52. The third-order valence-corrected chi connectivity index (χ3v) is 2.72. The van der Waals surface area contributed by atoms with Crippen molar-refractivity contribution in [3.8, 4) is 11.5 Å². The van der Waals surface area contributed by atoms with Gasteiger partial charge in [-0.2, -0.15) is 0 Å². The Morgan fingerprint density at radius 1 is 0.952 bits per heavy atom. The van der Waals surface area contributed by atoms with E-state index in [0.29, 0.717) is 12.4 Å². The highest BCUT2D eigenvalue weighted by atomic mass is 16.5. The lowest BCUT2D eigenvalue weighted by molar-refractivity contribution is -0.118. The van der Waals surface area contributed by atoms with Crippen LogP contribution >= 0.6 is 0 Å². The molecule has 4 heteroatoms. The van der Waals surface area contributed by atoms with E-state index in [1.165, 1.54) is 0 Å². The number of anilines is 1. The van der Waals surface area contributed by atoms with Gasteiger partial charge in [-0.05, 0) is 42.8 Å². The van der Waals surface area contributed by atoms with E-state index in [-0.39, 0.29) is 12.5 Å². The largest absolute Gasteiger partial charge is 0.494 e. The molecule has 0 unspecified atom stereocenters. The molecular weight excluding hydrogens is 266 g/mol. The molecule has 110 valence electrons. The van der Waals surface area contributed by atoms with Crippen LogP contribution in [0.25, 0.3) is 0 Å². The van der Waals surface area contributed by atoms with Crippen molar-refractivity contribution in [1.29, 1.82) is 0 Å². The molecular formula is C17H19NO3. The third kappa shape index (κ3) is 5.18. The number of hydrogen-bond acceptors (Lipinski definition) is 3. The Balaban J connectivity index is 1.78. The van der Waals surface area contributed by atoms with Gasteiger partial charge >= 0.3 is 0 Å². The van der Waals surface area contributed by atoms with Gasteiger partial charge in [0.25, 0.3) is 5.91 Å². The fourth-order valence-corrected chi connectivity index (χ4v) is 1.72. The van der Waals surface area contributed by atoms with Gasteiger partial charge in [0.2, 0.25) is 0 Å². The molecule has 1 N–H and O–H groups in total. The van der Waals surface area contributed by atoms with E-state index in [0.717, 1.165) is 17.9 Å². The Morgan fingerprint density at radius 3 is 2.19 bits per heavy atom. The highest BCUT2D eigenvalue weighted by molar-refractivity contribution is 5.91. The topological polar surface area (TPSA) is 47.6 Å². The predicted octanol–water partition coefficient (Wildman–Crippen LogP) is 3.49. The Bertz CT molecular complexity index is 552. The lowest BCUT2D eigenvalue weighted by atomic mass is 10.3. The fraction of sp³-hybridized carbons (Fsp3) is 0.235. The maximum Gasteiger partial charge on any atom is 0.262 e. The van der Waals surface area contributed by atoms with Crippen molar-refractivity contribution in [2.45, 2.75) is 13.3 Å². The monoisotopic (exact) mass is 285 g/mol. The molecule has 0 aliphatic heterocycles. The van der Waals surface area contributed by atoms with Gasteiger partial charge in [-0.15, -0.1) is 0 Å². The average Bonchev–Trinajstić information content (AvgIpc) is 2.53. The lowest BCUT2D eigenvalue weighted by Gasteiger charge is -2.08. The first-order chi connectivity index (χ1) is 10.3. The van der Waals surface area contributed by atoms with Gasteiger partial charge in [-0.3, -0.25) is 4.79 Å². The van der Waals surface area contributed by atoms with Gasteiger partial charge in [-0.25, -0.2) is 0 Å². The van der Waals surface area contributed by atoms with Crippen molar-refractivity contribution >= 4 is 11.6 Å². The number of hydrogen-bond donors (Lipinski definition) is 1. The van der Waals surface area contributed by atoms with Crippen molar-refractivity contribution < 1.29 is 14.3 Å². The minimum Gasteiger partial charge on any atom is -0.494 e. The zero-order chi connectivity index (χ0) is 14.9. The van der Waals surface area contributed by atoms with Crippen LogP contribution in [0.2, 0.25) is 0 Å². The Labute approximate surface area is 124 Å². The minimum absolute atomic E-state index is 0.0238. The summed E-state index contributed by atoms with van der Waals surface area (Å²) in [6.07, 6.45) is 0.970. The van der Waals surface area contributed by atoms with Crippen LogP contribution in [-0.2, 0) is 4.79 Å². The van der Waals surface area contributed by atoms with Crippen LogP contribution in [0, 0.1) is 0 Å². The number of nitrogens with one attached hydrogen (secondary N) is 1. The van der Waals surface area contributed by atoms with E-state index in [1.807, 2.05) is 42.5 Å². The molecule has 0 radical (unpaired) electrons. The van der Waals surface area contributed by atoms with Crippen LogP contribution in [0.4, 0.5) is 5.69 Å². The summed E-state index contributed by atoms with van der Waals surface area (Å²) < 4.78 is 10.9. The molecule has 0 bridgehead atoms. The van der Waals surface area contributed by atoms with Crippen molar-refractivity contribution in [3.63, 3.8) is 0 Å². The molecule has 2 aromatic carbocycles. The molecule has 4 nitrogen and oxygen atoms in total. The van der Waals surface area contributed by atoms with Crippen LogP contribution in [-0.4, -0.2) is 19.1 Å². The Hall–Kier alpha value is -2.49. The normalized spacial score (nSPS) is 9.95. The number of benzene rings is 2. The fourth-order valence-electron chi connectivity index (χ4n) is 1.72. The molecule has 0 aliphatic rings. The summed E-state index contributed by atoms with van der Waals surface area (Å²) in [6.45, 7) is 2.73. The molecule has 2 aromatic rings. The number of rotatable bonds is 7. The summed E-state index contributed by atoms with van der Waals surface area (Å²) in [5, 5.41) is 2.76. The van der Waals surface area contributed by atoms with Gasteiger partial charge in [0.1, 0.15) is 11.5 Å². The molecule has 0 heterocycles. The van der Waals surface area contributed by atoms with Gasteiger partial charge in [-0.1, -0.05) is 25.1 Å². The van der Waals surface area contributed by atoms with Gasteiger partial charge in [0.15, 0.2) is 6.61 Å². The van der Waals surface area contributed by atoms with E-state index in [1.54, 1.807) is 12.1 Å². The molecule has 0 aromatic heterocycles. The van der Waals surface area contributed by atoms with Gasteiger partial charge in [0, 0.05) is 5.69 Å². The van der Waals surface area contributed by atoms with Crippen LogP contribution < -0.4 is 14.8 Å². The summed E-state index contributed by atoms with van der Waals surface area (Å²) in [6, 6.07) is 16.5. The van der Waals surface area contributed by atoms with Crippen LogP contribution in [0.1, 0.15) is 13.3 Å². The first-order valence-corrected chi connectivity index (χ1v) is 6.98. The molecule has 21 heavy (non-hydrogen) atoms. The first-order valence-electron chi connectivity index (χ1n) is 6.98. The van der Waals surface area contributed by atoms with Crippen LogP contribution in [0.5, 0.6) is 11.5 Å². The highest BCUT2D eigenvalue weighted by Gasteiger charge is 2.03. The van der Waals surface area contributed by atoms with Gasteiger partial charge < -0.3 is 14.8 Å². The quantitative estimate of drug-likeness (QED) is 0.847. The summed E-state index contributed by atoms with van der Waals surface area (Å²) in [5.41, 5.74) is 0.759. The smallest absolute Gasteiger partial charge is 0.262 e. The second kappa shape index (κ2) is 7.94. The standard InChI is InChI=1S/C17H19NO3/c1-2-12-20-15-8-10-16(11-9-15)21-13-17(19)18-14-6-4-3-5-7-14/h3-11H,2,12-13H2,1H3,(H,18,19). The minimum atomic E-state index is -0.187. The molecule has 0 atom stereocenters. The molecule has 0 aliphatic carbocycles. The maximum absolute atomic E-state index is 11.7. The first kappa shape index (κ1) is 14.9. The van der Waals surface area contributed by atoms with E-state index in [9.17, 15) is 4.79 Å². The zero-order valence-corrected chi connectivity index (χ0v) is 12.0. The summed E-state index contributed by atoms with van der Waals surface area (Å²) >= 11 is 0. The number of ether oxygens (including phenoxy) is 2. The third-order valence-electron chi connectivity index (χ3n) is 2.72. The molecule has 1 amide bonds. The predicted molar refractivity (Wildman–Crippen MR) is 82.8 cm³/mol. The van der Waals surface area contributed by atoms with Crippen molar-refractivity contribution in [2.75, 3.05) is 18.5 Å². The zero-order valence-electron chi connectivity index (χ0n) is 12.0.